The number of allylic oxidation sites excluding steroid dienone is 1. The Balaban J connectivity index is 1.71. The molecule has 0 saturated carbocycles. The molecule has 8 heteroatoms. The zero-order valence-corrected chi connectivity index (χ0v) is 16.1. The summed E-state index contributed by atoms with van der Waals surface area (Å²) in [4.78, 5) is 0. The smallest absolute Gasteiger partial charge is 0.244 e. The van der Waals surface area contributed by atoms with E-state index in [0.717, 1.165) is 11.1 Å². The lowest BCUT2D eigenvalue weighted by molar-refractivity contribution is 0.174. The van der Waals surface area contributed by atoms with Crippen LogP contribution in [0.25, 0.3) is 11.3 Å². The molecule has 0 saturated heterocycles. The number of fused-ring (bicyclic) bond motifs is 2. The molecule has 0 amide bonds. The second-order valence-corrected chi connectivity index (χ2v) is 6.78. The average molecular weight is 402 g/mol. The van der Waals surface area contributed by atoms with E-state index < -0.39 is 5.92 Å². The van der Waals surface area contributed by atoms with Gasteiger partial charge in [-0.25, -0.2) is 0 Å². The number of nitrogens with one attached hydrogen (secondary N) is 1. The molecule has 0 radical (unpaired) electrons. The zero-order valence-electron chi connectivity index (χ0n) is 16.1. The summed E-state index contributed by atoms with van der Waals surface area (Å²) in [6.45, 7) is 2.59. The van der Waals surface area contributed by atoms with E-state index in [1.165, 1.54) is 0 Å². The van der Waals surface area contributed by atoms with Crippen LogP contribution in [0.15, 0.2) is 53.9 Å². The van der Waals surface area contributed by atoms with E-state index >= 15 is 0 Å². The van der Waals surface area contributed by atoms with Gasteiger partial charge in [-0.2, -0.15) is 5.26 Å². The van der Waals surface area contributed by atoms with Crippen LogP contribution in [0.1, 0.15) is 24.0 Å². The van der Waals surface area contributed by atoms with Crippen LogP contribution in [0, 0.1) is 11.3 Å². The summed E-state index contributed by atoms with van der Waals surface area (Å²) in [5.74, 6) is 1.87. The van der Waals surface area contributed by atoms with E-state index in [4.69, 9.17) is 24.7 Å². The number of nitrogens with zero attached hydrogens (tertiary/aromatic N) is 2. The highest BCUT2D eigenvalue weighted by molar-refractivity contribution is 5.73. The second kappa shape index (κ2) is 7.04. The summed E-state index contributed by atoms with van der Waals surface area (Å²) in [6, 6.07) is 15.4. The van der Waals surface area contributed by atoms with Crippen LogP contribution in [0.5, 0.6) is 23.1 Å². The molecule has 0 spiro atoms. The van der Waals surface area contributed by atoms with Crippen LogP contribution in [-0.4, -0.2) is 23.6 Å². The Bertz CT molecular complexity index is 1210. The fourth-order valence-corrected chi connectivity index (χ4v) is 3.83. The van der Waals surface area contributed by atoms with Crippen molar-refractivity contribution in [2.45, 2.75) is 12.8 Å². The Morgan fingerprint density at radius 3 is 2.90 bits per heavy atom. The predicted molar refractivity (Wildman–Crippen MR) is 107 cm³/mol. The number of rotatable bonds is 4. The van der Waals surface area contributed by atoms with Crippen molar-refractivity contribution in [3.8, 4) is 40.5 Å². The maximum atomic E-state index is 9.89. The Morgan fingerprint density at radius 1 is 1.23 bits per heavy atom. The van der Waals surface area contributed by atoms with E-state index in [2.05, 4.69) is 16.3 Å². The molecule has 0 bridgehead atoms. The molecular formula is C22H18N4O4. The van der Waals surface area contributed by atoms with Crippen molar-refractivity contribution in [1.29, 1.82) is 5.26 Å². The third-order valence-electron chi connectivity index (χ3n) is 5.13. The van der Waals surface area contributed by atoms with E-state index in [1.54, 1.807) is 0 Å². The lowest BCUT2D eigenvalue weighted by Gasteiger charge is -2.25. The molecular weight excluding hydrogens is 384 g/mol. The van der Waals surface area contributed by atoms with Gasteiger partial charge < -0.3 is 24.7 Å². The third kappa shape index (κ3) is 2.71. The van der Waals surface area contributed by atoms with Gasteiger partial charge in [-0.1, -0.05) is 18.2 Å². The van der Waals surface area contributed by atoms with E-state index in [9.17, 15) is 5.26 Å². The second-order valence-electron chi connectivity index (χ2n) is 6.78. The summed E-state index contributed by atoms with van der Waals surface area (Å²) in [5, 5.41) is 17.2. The first-order valence-electron chi connectivity index (χ1n) is 9.48. The number of nitriles is 1. The van der Waals surface area contributed by atoms with Crippen molar-refractivity contribution in [2.24, 2.45) is 5.73 Å². The predicted octanol–water partition coefficient (Wildman–Crippen LogP) is 3.42. The summed E-state index contributed by atoms with van der Waals surface area (Å²) >= 11 is 0. The van der Waals surface area contributed by atoms with Gasteiger partial charge >= 0.3 is 0 Å². The highest BCUT2D eigenvalue weighted by Gasteiger charge is 2.37. The topological polar surface area (TPSA) is 115 Å². The van der Waals surface area contributed by atoms with Gasteiger partial charge in [0, 0.05) is 11.1 Å². The van der Waals surface area contributed by atoms with Gasteiger partial charge in [0.05, 0.1) is 23.8 Å². The maximum Gasteiger partial charge on any atom is 0.244 e. The van der Waals surface area contributed by atoms with Crippen LogP contribution >= 0.6 is 0 Å². The molecule has 1 unspecified atom stereocenters. The fourth-order valence-electron chi connectivity index (χ4n) is 3.83. The minimum absolute atomic E-state index is 0.0324. The lowest BCUT2D eigenvalue weighted by Crippen LogP contribution is -2.21. The summed E-state index contributed by atoms with van der Waals surface area (Å²) in [6.07, 6.45) is 0. The number of aromatic amines is 1. The molecule has 3 N–H and O–H groups in total. The normalized spacial score (nSPS) is 16.6. The van der Waals surface area contributed by atoms with Crippen molar-refractivity contribution >= 4 is 0 Å². The van der Waals surface area contributed by atoms with Gasteiger partial charge in [-0.3, -0.25) is 5.10 Å². The molecule has 8 nitrogen and oxygen atoms in total. The number of ether oxygens (including phenoxy) is 4. The monoisotopic (exact) mass is 402 g/mol. The molecule has 5 rings (SSSR count). The molecule has 1 aromatic heterocycles. The number of H-pyrrole nitrogens is 1. The molecule has 30 heavy (non-hydrogen) atoms. The van der Waals surface area contributed by atoms with Crippen LogP contribution in [0.3, 0.4) is 0 Å². The Morgan fingerprint density at radius 2 is 2.07 bits per heavy atom. The standard InChI is InChI=1S/C22H18N4O4/c1-2-27-15-6-4-3-5-13(15)18-14(10-23)21(24)30-22-19(18)20(25-26-22)12-7-8-16-17(9-12)29-11-28-16/h3-9,18H,2,11,24H2,1H3,(H,25,26). The number of benzene rings is 2. The Hall–Kier alpha value is -4.12. The first-order chi connectivity index (χ1) is 14.7. The zero-order chi connectivity index (χ0) is 20.7. The number of hydrogen-bond acceptors (Lipinski definition) is 7. The first-order valence-corrected chi connectivity index (χ1v) is 9.48. The molecule has 1 atom stereocenters. The third-order valence-corrected chi connectivity index (χ3v) is 5.13. The molecule has 2 aliphatic heterocycles. The van der Waals surface area contributed by atoms with E-state index in [1.807, 2.05) is 49.4 Å². The Kier molecular flexibility index (Phi) is 4.21. The van der Waals surface area contributed by atoms with Gasteiger partial charge in [0.2, 0.25) is 18.6 Å². The number of hydrogen-bond donors (Lipinski definition) is 2. The van der Waals surface area contributed by atoms with Crippen molar-refractivity contribution in [2.75, 3.05) is 13.4 Å². The van der Waals surface area contributed by atoms with Crippen molar-refractivity contribution in [3.63, 3.8) is 0 Å². The summed E-state index contributed by atoms with van der Waals surface area (Å²) in [7, 11) is 0. The molecule has 150 valence electrons. The Labute approximate surface area is 172 Å². The fraction of sp³-hybridized carbons (Fsp3) is 0.182. The molecule has 2 aromatic carbocycles. The highest BCUT2D eigenvalue weighted by Crippen LogP contribution is 2.48. The molecule has 0 aliphatic carbocycles. The minimum Gasteiger partial charge on any atom is -0.494 e. The quantitative estimate of drug-likeness (QED) is 0.687. The average Bonchev–Trinajstić information content (AvgIpc) is 3.39. The van der Waals surface area contributed by atoms with Crippen LogP contribution in [0.2, 0.25) is 0 Å². The largest absolute Gasteiger partial charge is 0.494 e. The highest BCUT2D eigenvalue weighted by atomic mass is 16.7. The molecule has 3 heterocycles. The van der Waals surface area contributed by atoms with Crippen LogP contribution in [-0.2, 0) is 0 Å². The van der Waals surface area contributed by atoms with Crippen LogP contribution in [0.4, 0.5) is 0 Å². The van der Waals surface area contributed by atoms with Gasteiger partial charge in [0.1, 0.15) is 17.4 Å². The summed E-state index contributed by atoms with van der Waals surface area (Å²) in [5.41, 5.74) is 9.45. The van der Waals surface area contributed by atoms with Crippen molar-refractivity contribution in [3.05, 3.63) is 65.0 Å². The molecule has 2 aliphatic rings. The van der Waals surface area contributed by atoms with Gasteiger partial charge in [0.25, 0.3) is 0 Å². The van der Waals surface area contributed by atoms with Gasteiger partial charge in [-0.15, -0.1) is 5.10 Å². The molecule has 0 fully saturated rings. The van der Waals surface area contributed by atoms with Crippen LogP contribution < -0.4 is 24.7 Å². The van der Waals surface area contributed by atoms with E-state index in [-0.39, 0.29) is 12.7 Å². The lowest BCUT2D eigenvalue weighted by atomic mass is 9.82. The first kappa shape index (κ1) is 17.9. The number of para-hydroxylation sites is 1. The minimum atomic E-state index is -0.499. The SMILES string of the molecule is CCOc1ccccc1C1C(C#N)=C(N)Oc2n[nH]c(-c3ccc4c(c3)OCO4)c21. The van der Waals surface area contributed by atoms with Gasteiger partial charge in [-0.05, 0) is 31.2 Å². The maximum absolute atomic E-state index is 9.89. The van der Waals surface area contributed by atoms with Crippen molar-refractivity contribution in [1.82, 2.24) is 10.2 Å². The van der Waals surface area contributed by atoms with Gasteiger partial charge in [0.15, 0.2) is 11.5 Å². The number of aromatic nitrogens is 2. The molecule has 3 aromatic rings. The summed E-state index contributed by atoms with van der Waals surface area (Å²) < 4.78 is 22.4. The number of nitrogens with two attached hydrogens (primary N) is 1. The van der Waals surface area contributed by atoms with Crippen molar-refractivity contribution < 1.29 is 18.9 Å². The van der Waals surface area contributed by atoms with E-state index in [0.29, 0.717) is 46.6 Å².